The molecule has 0 amide bonds. The lowest BCUT2D eigenvalue weighted by Gasteiger charge is -2.27. The first-order chi connectivity index (χ1) is 9.08. The molecule has 19 heavy (non-hydrogen) atoms. The Morgan fingerprint density at radius 1 is 1.32 bits per heavy atom. The molecule has 0 heterocycles. The smallest absolute Gasteiger partial charge is 0.121 e. The third kappa shape index (κ3) is 5.90. The van der Waals surface area contributed by atoms with Crippen molar-refractivity contribution >= 4 is 6.29 Å². The van der Waals surface area contributed by atoms with E-state index in [1.54, 1.807) is 0 Å². The molecule has 2 N–H and O–H groups in total. The molecule has 0 aromatic heterocycles. The lowest BCUT2D eigenvalue weighted by Crippen LogP contribution is -2.42. The monoisotopic (exact) mass is 265 g/mol. The molecular formula is C17H31NO. The molecule has 1 aliphatic carbocycles. The van der Waals surface area contributed by atoms with Crippen molar-refractivity contribution in [2.24, 2.45) is 17.6 Å². The highest BCUT2D eigenvalue weighted by Crippen LogP contribution is 2.36. The van der Waals surface area contributed by atoms with Crippen LogP contribution >= 0.6 is 0 Å². The van der Waals surface area contributed by atoms with Gasteiger partial charge in [-0.1, -0.05) is 51.7 Å². The van der Waals surface area contributed by atoms with Crippen LogP contribution in [0.4, 0.5) is 0 Å². The summed E-state index contributed by atoms with van der Waals surface area (Å²) in [5.74, 6) is 1.24. The lowest BCUT2D eigenvalue weighted by molar-refractivity contribution is -0.109. The molecule has 1 aliphatic rings. The van der Waals surface area contributed by atoms with Gasteiger partial charge in [-0.05, 0) is 37.5 Å². The summed E-state index contributed by atoms with van der Waals surface area (Å²) >= 11 is 0. The maximum Gasteiger partial charge on any atom is 0.121 e. The largest absolute Gasteiger partial charge is 0.324 e. The van der Waals surface area contributed by atoms with E-state index in [4.69, 9.17) is 5.73 Å². The highest BCUT2D eigenvalue weighted by Gasteiger charge is 2.37. The van der Waals surface area contributed by atoms with Crippen LogP contribution in [0.1, 0.15) is 71.6 Å². The molecular weight excluding hydrogens is 234 g/mol. The van der Waals surface area contributed by atoms with Crippen LogP contribution in [0.5, 0.6) is 0 Å². The molecule has 110 valence electrons. The van der Waals surface area contributed by atoms with Crippen LogP contribution in [-0.4, -0.2) is 11.8 Å². The topological polar surface area (TPSA) is 43.1 Å². The number of carbonyl (C=O) groups excluding carboxylic acids is 1. The summed E-state index contributed by atoms with van der Waals surface area (Å²) in [6.07, 6.45) is 15.8. The average molecular weight is 265 g/mol. The van der Waals surface area contributed by atoms with Crippen molar-refractivity contribution in [3.8, 4) is 0 Å². The van der Waals surface area contributed by atoms with Crippen LogP contribution in [0.3, 0.4) is 0 Å². The van der Waals surface area contributed by atoms with E-state index in [2.05, 4.69) is 26.0 Å². The molecule has 0 aromatic carbocycles. The first kappa shape index (κ1) is 16.4. The zero-order valence-electron chi connectivity index (χ0n) is 12.7. The first-order valence-electron chi connectivity index (χ1n) is 7.97. The second-order valence-corrected chi connectivity index (χ2v) is 6.56. The molecule has 2 atom stereocenters. The minimum absolute atomic E-state index is 0.254. The molecule has 1 fully saturated rings. The molecule has 2 nitrogen and oxygen atoms in total. The van der Waals surface area contributed by atoms with Gasteiger partial charge in [-0.3, -0.25) is 0 Å². The number of rotatable bonds is 9. The van der Waals surface area contributed by atoms with E-state index in [-0.39, 0.29) is 5.54 Å². The second-order valence-electron chi connectivity index (χ2n) is 6.56. The highest BCUT2D eigenvalue weighted by atomic mass is 16.1. The first-order valence-corrected chi connectivity index (χ1v) is 7.97. The van der Waals surface area contributed by atoms with Crippen LogP contribution in [0.25, 0.3) is 0 Å². The summed E-state index contributed by atoms with van der Waals surface area (Å²) in [5.41, 5.74) is 6.07. The Labute approximate surface area is 118 Å². The molecule has 1 rings (SSSR count). The lowest BCUT2D eigenvalue weighted by atomic mass is 9.85. The van der Waals surface area contributed by atoms with E-state index in [0.717, 1.165) is 37.9 Å². The van der Waals surface area contributed by atoms with Gasteiger partial charge in [0, 0.05) is 12.0 Å². The van der Waals surface area contributed by atoms with E-state index < -0.39 is 0 Å². The quantitative estimate of drug-likeness (QED) is 0.385. The number of aldehydes is 1. The van der Waals surface area contributed by atoms with Crippen molar-refractivity contribution in [2.75, 3.05) is 0 Å². The maximum absolute atomic E-state index is 10.7. The normalized spacial score (nSPS) is 27.5. The third-order valence-electron chi connectivity index (χ3n) is 4.38. The number of allylic oxidation sites excluding steroid dienone is 1. The van der Waals surface area contributed by atoms with Crippen molar-refractivity contribution in [3.63, 3.8) is 0 Å². The van der Waals surface area contributed by atoms with E-state index in [1.807, 2.05) is 0 Å². The van der Waals surface area contributed by atoms with Crippen LogP contribution in [0.15, 0.2) is 12.2 Å². The second kappa shape index (κ2) is 8.52. The fourth-order valence-electron chi connectivity index (χ4n) is 3.07. The van der Waals surface area contributed by atoms with E-state index in [9.17, 15) is 4.79 Å². The minimum Gasteiger partial charge on any atom is -0.324 e. The van der Waals surface area contributed by atoms with Gasteiger partial charge in [-0.2, -0.15) is 0 Å². The zero-order valence-corrected chi connectivity index (χ0v) is 12.7. The van der Waals surface area contributed by atoms with Crippen LogP contribution < -0.4 is 5.73 Å². The fraction of sp³-hybridized carbons (Fsp3) is 0.824. The number of hydrogen-bond donors (Lipinski definition) is 1. The van der Waals surface area contributed by atoms with E-state index >= 15 is 0 Å². The molecule has 2 unspecified atom stereocenters. The van der Waals surface area contributed by atoms with E-state index in [0.29, 0.717) is 12.3 Å². The van der Waals surface area contributed by atoms with Crippen molar-refractivity contribution in [2.45, 2.75) is 77.2 Å². The fourth-order valence-corrected chi connectivity index (χ4v) is 3.07. The van der Waals surface area contributed by atoms with Crippen molar-refractivity contribution < 1.29 is 4.79 Å². The standard InChI is InChI=1S/C17H31NO/c1-15(2)9-6-4-3-5-7-10-16-11-8-12-17(16,18)13-14-19/h7,10,14-16H,3-6,8-9,11-13,18H2,1-2H3/b10-7+. The molecule has 0 bridgehead atoms. The molecule has 0 aromatic rings. The summed E-state index contributed by atoms with van der Waals surface area (Å²) in [4.78, 5) is 10.7. The minimum atomic E-state index is -0.254. The molecule has 0 spiro atoms. The van der Waals surface area contributed by atoms with Gasteiger partial charge in [0.25, 0.3) is 0 Å². The van der Waals surface area contributed by atoms with Gasteiger partial charge in [-0.15, -0.1) is 0 Å². The number of nitrogens with two attached hydrogens (primary N) is 1. The van der Waals surface area contributed by atoms with Crippen LogP contribution in [-0.2, 0) is 4.79 Å². The van der Waals surface area contributed by atoms with Gasteiger partial charge in [0.05, 0.1) is 0 Å². The number of hydrogen-bond acceptors (Lipinski definition) is 2. The summed E-state index contributed by atoms with van der Waals surface area (Å²) in [6, 6.07) is 0. The molecule has 2 heteroatoms. The van der Waals surface area contributed by atoms with Crippen molar-refractivity contribution in [1.82, 2.24) is 0 Å². The summed E-state index contributed by atoms with van der Waals surface area (Å²) < 4.78 is 0. The van der Waals surface area contributed by atoms with Gasteiger partial charge in [0.2, 0.25) is 0 Å². The Kier molecular flexibility index (Phi) is 7.37. The van der Waals surface area contributed by atoms with Gasteiger partial charge >= 0.3 is 0 Å². The van der Waals surface area contributed by atoms with Gasteiger partial charge < -0.3 is 10.5 Å². The Hall–Kier alpha value is -0.630. The van der Waals surface area contributed by atoms with Gasteiger partial charge in [-0.25, -0.2) is 0 Å². The maximum atomic E-state index is 10.7. The highest BCUT2D eigenvalue weighted by molar-refractivity contribution is 5.52. The molecule has 0 aliphatic heterocycles. The zero-order chi connectivity index (χ0) is 14.1. The number of unbranched alkanes of at least 4 members (excludes halogenated alkanes) is 3. The number of carbonyl (C=O) groups is 1. The Morgan fingerprint density at radius 3 is 2.79 bits per heavy atom. The molecule has 0 saturated heterocycles. The SMILES string of the molecule is CC(C)CCCCC/C=C/C1CCCC1(N)CC=O. The summed E-state index contributed by atoms with van der Waals surface area (Å²) in [7, 11) is 0. The Bertz CT molecular complexity index is 285. The third-order valence-corrected chi connectivity index (χ3v) is 4.38. The van der Waals surface area contributed by atoms with Gasteiger partial charge in [0.15, 0.2) is 0 Å². The summed E-state index contributed by atoms with van der Waals surface area (Å²) in [6.45, 7) is 4.57. The van der Waals surface area contributed by atoms with Crippen LogP contribution in [0.2, 0.25) is 0 Å². The summed E-state index contributed by atoms with van der Waals surface area (Å²) in [5, 5.41) is 0. The van der Waals surface area contributed by atoms with Gasteiger partial charge in [0.1, 0.15) is 6.29 Å². The predicted octanol–water partition coefficient (Wildman–Crippen LogP) is 4.24. The van der Waals surface area contributed by atoms with Crippen molar-refractivity contribution in [3.05, 3.63) is 12.2 Å². The predicted molar refractivity (Wildman–Crippen MR) is 82.0 cm³/mol. The average Bonchev–Trinajstić information content (AvgIpc) is 2.69. The van der Waals surface area contributed by atoms with E-state index in [1.165, 1.54) is 25.7 Å². The molecule has 0 radical (unpaired) electrons. The van der Waals surface area contributed by atoms with Crippen LogP contribution in [0, 0.1) is 11.8 Å². The van der Waals surface area contributed by atoms with Crippen molar-refractivity contribution in [1.29, 1.82) is 0 Å². The Morgan fingerprint density at radius 2 is 2.11 bits per heavy atom. The Balaban J connectivity index is 2.19. The molecule has 1 saturated carbocycles.